The number of ether oxygens (including phenoxy) is 1. The number of hydrogen-bond acceptors (Lipinski definition) is 2. The van der Waals surface area contributed by atoms with Crippen LogP contribution in [0.1, 0.15) is 11.1 Å². The van der Waals surface area contributed by atoms with Gasteiger partial charge < -0.3 is 10.1 Å². The third kappa shape index (κ3) is 3.51. The molecule has 2 aromatic rings. The van der Waals surface area contributed by atoms with Crippen LogP contribution in [0.3, 0.4) is 0 Å². The summed E-state index contributed by atoms with van der Waals surface area (Å²) < 4.78 is 44.6. The van der Waals surface area contributed by atoms with Crippen LogP contribution in [0.5, 0.6) is 5.75 Å². The molecule has 0 aliphatic heterocycles. The Balaban J connectivity index is 2.11. The van der Waals surface area contributed by atoms with Crippen molar-refractivity contribution in [1.82, 2.24) is 5.32 Å². The first-order valence-electron chi connectivity index (χ1n) is 6.10. The molecule has 0 atom stereocenters. The molecule has 0 aliphatic rings. The molecule has 2 nitrogen and oxygen atoms in total. The zero-order valence-electron chi connectivity index (χ0n) is 10.9. The second-order valence-corrected chi connectivity index (χ2v) is 4.32. The molecule has 0 bridgehead atoms. The third-order valence-corrected chi connectivity index (χ3v) is 2.77. The minimum Gasteiger partial charge on any atom is -0.489 e. The van der Waals surface area contributed by atoms with Gasteiger partial charge in [0.25, 0.3) is 0 Å². The predicted octanol–water partition coefficient (Wildman–Crippen LogP) is 3.40. The number of hydrogen-bond donors (Lipinski definition) is 1. The maximum Gasteiger partial charge on any atom is 0.159 e. The number of halogens is 3. The summed E-state index contributed by atoms with van der Waals surface area (Å²) in [5, 5.41) is 2.91. The highest BCUT2D eigenvalue weighted by atomic mass is 19.2. The van der Waals surface area contributed by atoms with Gasteiger partial charge in [-0.2, -0.15) is 0 Å². The van der Waals surface area contributed by atoms with Crippen molar-refractivity contribution >= 4 is 0 Å². The Morgan fingerprint density at radius 2 is 1.80 bits per heavy atom. The lowest BCUT2D eigenvalue weighted by molar-refractivity contribution is 0.300. The first-order valence-corrected chi connectivity index (χ1v) is 6.10. The fraction of sp³-hybridized carbons (Fsp3) is 0.200. The van der Waals surface area contributed by atoms with Crippen molar-refractivity contribution in [2.75, 3.05) is 7.05 Å². The van der Waals surface area contributed by atoms with E-state index in [9.17, 15) is 13.2 Å². The molecule has 0 saturated carbocycles. The molecule has 2 rings (SSSR count). The van der Waals surface area contributed by atoms with Crippen molar-refractivity contribution in [1.29, 1.82) is 0 Å². The van der Waals surface area contributed by atoms with Crippen LogP contribution in [-0.4, -0.2) is 7.05 Å². The second kappa shape index (κ2) is 6.43. The van der Waals surface area contributed by atoms with Gasteiger partial charge in [-0.3, -0.25) is 0 Å². The Morgan fingerprint density at radius 1 is 1.00 bits per heavy atom. The van der Waals surface area contributed by atoms with Gasteiger partial charge in [0.05, 0.1) is 0 Å². The van der Waals surface area contributed by atoms with E-state index < -0.39 is 11.6 Å². The molecule has 2 aromatic carbocycles. The molecule has 0 aromatic heterocycles. The van der Waals surface area contributed by atoms with Gasteiger partial charge in [-0.05, 0) is 42.9 Å². The topological polar surface area (TPSA) is 21.3 Å². The maximum atomic E-state index is 13.2. The van der Waals surface area contributed by atoms with Gasteiger partial charge in [-0.25, -0.2) is 13.2 Å². The van der Waals surface area contributed by atoms with Gasteiger partial charge in [0.2, 0.25) is 0 Å². The molecule has 0 saturated heterocycles. The highest BCUT2D eigenvalue weighted by Gasteiger charge is 2.07. The lowest BCUT2D eigenvalue weighted by atomic mass is 10.2. The molecule has 0 unspecified atom stereocenters. The summed E-state index contributed by atoms with van der Waals surface area (Å²) in [6, 6.07) is 7.75. The summed E-state index contributed by atoms with van der Waals surface area (Å²) in [4.78, 5) is 0. The maximum absolute atomic E-state index is 13.2. The number of rotatable bonds is 5. The van der Waals surface area contributed by atoms with E-state index in [-0.39, 0.29) is 12.4 Å². The molecular weight excluding hydrogens is 267 g/mol. The smallest absolute Gasteiger partial charge is 0.159 e. The summed E-state index contributed by atoms with van der Waals surface area (Å²) in [6.45, 7) is 0.532. The standard InChI is InChI=1S/C15H14F3NO/c1-19-8-11-7-12(16)3-5-15(11)20-9-10-2-4-13(17)14(18)6-10/h2-7,19H,8-9H2,1H3. The van der Waals surface area contributed by atoms with E-state index in [1.165, 1.54) is 24.3 Å². The second-order valence-electron chi connectivity index (χ2n) is 4.32. The van der Waals surface area contributed by atoms with E-state index in [0.29, 0.717) is 23.4 Å². The molecular formula is C15H14F3NO. The number of nitrogens with one attached hydrogen (secondary N) is 1. The molecule has 106 valence electrons. The van der Waals surface area contributed by atoms with E-state index in [4.69, 9.17) is 4.74 Å². The summed E-state index contributed by atoms with van der Waals surface area (Å²) >= 11 is 0. The Morgan fingerprint density at radius 3 is 2.50 bits per heavy atom. The van der Waals surface area contributed by atoms with Crippen LogP contribution in [0.4, 0.5) is 13.2 Å². The minimum absolute atomic E-state index is 0.0829. The molecule has 0 heterocycles. The quantitative estimate of drug-likeness (QED) is 0.907. The molecule has 5 heteroatoms. The van der Waals surface area contributed by atoms with Crippen molar-refractivity contribution in [3.63, 3.8) is 0 Å². The molecule has 0 fully saturated rings. The summed E-state index contributed by atoms with van der Waals surface area (Å²) in [7, 11) is 1.74. The first-order chi connectivity index (χ1) is 9.60. The Bertz CT molecular complexity index is 602. The van der Waals surface area contributed by atoms with Gasteiger partial charge in [0.1, 0.15) is 18.2 Å². The SMILES string of the molecule is CNCc1cc(F)ccc1OCc1ccc(F)c(F)c1. The Hall–Kier alpha value is -2.01. The van der Waals surface area contributed by atoms with Crippen LogP contribution in [0, 0.1) is 17.5 Å². The molecule has 0 amide bonds. The van der Waals surface area contributed by atoms with E-state index in [2.05, 4.69) is 5.32 Å². The van der Waals surface area contributed by atoms with E-state index in [1.807, 2.05) is 0 Å². The van der Waals surface area contributed by atoms with E-state index in [1.54, 1.807) is 7.05 Å². The van der Waals surface area contributed by atoms with E-state index >= 15 is 0 Å². The fourth-order valence-corrected chi connectivity index (χ4v) is 1.81. The van der Waals surface area contributed by atoms with Gasteiger partial charge in [-0.15, -0.1) is 0 Å². The van der Waals surface area contributed by atoms with Crippen molar-refractivity contribution in [3.05, 3.63) is 65.0 Å². The van der Waals surface area contributed by atoms with Gasteiger partial charge in [-0.1, -0.05) is 6.07 Å². The highest BCUT2D eigenvalue weighted by molar-refractivity contribution is 5.34. The minimum atomic E-state index is -0.916. The van der Waals surface area contributed by atoms with Crippen LogP contribution in [0.25, 0.3) is 0 Å². The van der Waals surface area contributed by atoms with Crippen molar-refractivity contribution < 1.29 is 17.9 Å². The molecule has 20 heavy (non-hydrogen) atoms. The average molecular weight is 281 g/mol. The lowest BCUT2D eigenvalue weighted by Gasteiger charge is -2.11. The van der Waals surface area contributed by atoms with Crippen LogP contribution in [-0.2, 0) is 13.2 Å². The van der Waals surface area contributed by atoms with Crippen LogP contribution in [0.2, 0.25) is 0 Å². The normalized spacial score (nSPS) is 10.6. The predicted molar refractivity (Wildman–Crippen MR) is 69.9 cm³/mol. The Kier molecular flexibility index (Phi) is 4.63. The van der Waals surface area contributed by atoms with Gasteiger partial charge >= 0.3 is 0 Å². The summed E-state index contributed by atoms with van der Waals surface area (Å²) in [5.41, 5.74) is 1.17. The molecule has 0 spiro atoms. The van der Waals surface area contributed by atoms with Crippen LogP contribution < -0.4 is 10.1 Å². The first kappa shape index (κ1) is 14.4. The van der Waals surface area contributed by atoms with Crippen LogP contribution >= 0.6 is 0 Å². The van der Waals surface area contributed by atoms with Crippen molar-refractivity contribution in [2.24, 2.45) is 0 Å². The zero-order chi connectivity index (χ0) is 14.5. The van der Waals surface area contributed by atoms with Crippen molar-refractivity contribution in [3.8, 4) is 5.75 Å². The Labute approximate surface area is 115 Å². The molecule has 1 N–H and O–H groups in total. The summed E-state index contributed by atoms with van der Waals surface area (Å²) in [5.74, 6) is -1.66. The number of benzene rings is 2. The third-order valence-electron chi connectivity index (χ3n) is 2.77. The van der Waals surface area contributed by atoms with E-state index in [0.717, 1.165) is 12.1 Å². The van der Waals surface area contributed by atoms with Gasteiger partial charge in [0.15, 0.2) is 11.6 Å². The lowest BCUT2D eigenvalue weighted by Crippen LogP contribution is -2.08. The van der Waals surface area contributed by atoms with Crippen LogP contribution in [0.15, 0.2) is 36.4 Å². The largest absolute Gasteiger partial charge is 0.489 e. The monoisotopic (exact) mass is 281 g/mol. The highest BCUT2D eigenvalue weighted by Crippen LogP contribution is 2.21. The van der Waals surface area contributed by atoms with Crippen molar-refractivity contribution in [2.45, 2.75) is 13.2 Å². The zero-order valence-corrected chi connectivity index (χ0v) is 10.9. The molecule has 0 aliphatic carbocycles. The van der Waals surface area contributed by atoms with Gasteiger partial charge in [0, 0.05) is 12.1 Å². The molecule has 0 radical (unpaired) electrons. The summed E-state index contributed by atoms with van der Waals surface area (Å²) in [6.07, 6.45) is 0. The average Bonchev–Trinajstić information content (AvgIpc) is 2.42. The fourth-order valence-electron chi connectivity index (χ4n) is 1.81.